The van der Waals surface area contributed by atoms with Gasteiger partial charge in [0.2, 0.25) is 5.91 Å². The molecule has 2 aromatic rings. The Bertz CT molecular complexity index is 760. The zero-order chi connectivity index (χ0) is 19.8. The van der Waals surface area contributed by atoms with E-state index in [0.29, 0.717) is 12.5 Å². The number of hydrogen-bond acceptors (Lipinski definition) is 3. The number of piperazine rings is 1. The van der Waals surface area contributed by atoms with Crippen molar-refractivity contribution < 1.29 is 4.79 Å². The number of anilines is 1. The van der Waals surface area contributed by atoms with Crippen molar-refractivity contribution in [1.82, 2.24) is 9.80 Å². The molecule has 0 unspecified atom stereocenters. The molecule has 1 aliphatic rings. The summed E-state index contributed by atoms with van der Waals surface area (Å²) >= 11 is 0. The van der Waals surface area contributed by atoms with Gasteiger partial charge in [0.1, 0.15) is 0 Å². The Labute approximate surface area is 168 Å². The van der Waals surface area contributed by atoms with Crippen molar-refractivity contribution in [2.24, 2.45) is 0 Å². The quantitative estimate of drug-likeness (QED) is 0.790. The summed E-state index contributed by atoms with van der Waals surface area (Å²) in [4.78, 5) is 17.0. The highest BCUT2D eigenvalue weighted by atomic mass is 16.2. The van der Waals surface area contributed by atoms with Gasteiger partial charge in [0.15, 0.2) is 0 Å². The van der Waals surface area contributed by atoms with Gasteiger partial charge in [0.05, 0.1) is 6.54 Å². The molecule has 1 fully saturated rings. The molecular formula is C24H31N3O. The minimum Gasteiger partial charge on any atom is -0.325 e. The van der Waals surface area contributed by atoms with Crippen LogP contribution >= 0.6 is 0 Å². The third-order valence-electron chi connectivity index (χ3n) is 5.17. The SMILES string of the molecule is CC(C)c1ccc(NC(=O)CN2CCN(C/C=C/c3ccccc3)CC2)cc1. The number of hydrogen-bond donors (Lipinski definition) is 1. The number of nitrogens with one attached hydrogen (secondary N) is 1. The molecule has 1 amide bonds. The molecule has 0 aliphatic carbocycles. The summed E-state index contributed by atoms with van der Waals surface area (Å²) < 4.78 is 0. The molecule has 4 nitrogen and oxygen atoms in total. The second kappa shape index (κ2) is 10.2. The average Bonchev–Trinajstić information content (AvgIpc) is 2.70. The molecule has 4 heteroatoms. The van der Waals surface area contributed by atoms with Crippen LogP contribution in [0.15, 0.2) is 60.7 Å². The maximum Gasteiger partial charge on any atom is 0.238 e. The molecule has 1 heterocycles. The third kappa shape index (κ3) is 6.32. The summed E-state index contributed by atoms with van der Waals surface area (Å²) in [6, 6.07) is 18.5. The van der Waals surface area contributed by atoms with Crippen LogP contribution in [0.4, 0.5) is 5.69 Å². The lowest BCUT2D eigenvalue weighted by Crippen LogP contribution is -2.48. The van der Waals surface area contributed by atoms with E-state index in [-0.39, 0.29) is 5.91 Å². The summed E-state index contributed by atoms with van der Waals surface area (Å²) in [7, 11) is 0. The molecule has 1 saturated heterocycles. The Balaban J connectivity index is 1.37. The Morgan fingerprint density at radius 2 is 1.61 bits per heavy atom. The second-order valence-corrected chi connectivity index (χ2v) is 7.71. The molecular weight excluding hydrogens is 346 g/mol. The summed E-state index contributed by atoms with van der Waals surface area (Å²) in [6.07, 6.45) is 4.39. The fourth-order valence-corrected chi connectivity index (χ4v) is 3.39. The van der Waals surface area contributed by atoms with Gasteiger partial charge in [0, 0.05) is 38.4 Å². The Hall–Kier alpha value is -2.43. The fraction of sp³-hybridized carbons (Fsp3) is 0.375. The second-order valence-electron chi connectivity index (χ2n) is 7.71. The normalized spacial score (nSPS) is 16.0. The first-order chi connectivity index (χ1) is 13.6. The highest BCUT2D eigenvalue weighted by Crippen LogP contribution is 2.17. The zero-order valence-corrected chi connectivity index (χ0v) is 17.0. The highest BCUT2D eigenvalue weighted by Gasteiger charge is 2.18. The Morgan fingerprint density at radius 1 is 0.964 bits per heavy atom. The summed E-state index contributed by atoms with van der Waals surface area (Å²) in [5, 5.41) is 3.01. The van der Waals surface area contributed by atoms with Crippen LogP contribution in [0.5, 0.6) is 0 Å². The van der Waals surface area contributed by atoms with Crippen LogP contribution in [0.3, 0.4) is 0 Å². The number of carbonyl (C=O) groups is 1. The van der Waals surface area contributed by atoms with Gasteiger partial charge in [-0.1, -0.05) is 68.5 Å². The molecule has 0 aromatic heterocycles. The Kier molecular flexibility index (Phi) is 7.40. The first kappa shape index (κ1) is 20.3. The van der Waals surface area contributed by atoms with Crippen LogP contribution < -0.4 is 5.32 Å². The predicted octanol–water partition coefficient (Wildman–Crippen LogP) is 4.08. The maximum atomic E-state index is 12.3. The van der Waals surface area contributed by atoms with E-state index in [1.807, 2.05) is 18.2 Å². The van der Waals surface area contributed by atoms with E-state index in [1.54, 1.807) is 0 Å². The van der Waals surface area contributed by atoms with Crippen molar-refractivity contribution >= 4 is 17.7 Å². The van der Waals surface area contributed by atoms with Gasteiger partial charge in [-0.15, -0.1) is 0 Å². The van der Waals surface area contributed by atoms with Crippen molar-refractivity contribution in [2.45, 2.75) is 19.8 Å². The molecule has 3 rings (SSSR count). The lowest BCUT2D eigenvalue weighted by atomic mass is 10.0. The maximum absolute atomic E-state index is 12.3. The molecule has 0 spiro atoms. The van der Waals surface area contributed by atoms with Gasteiger partial charge >= 0.3 is 0 Å². The smallest absolute Gasteiger partial charge is 0.238 e. The molecule has 28 heavy (non-hydrogen) atoms. The highest BCUT2D eigenvalue weighted by molar-refractivity contribution is 5.92. The van der Waals surface area contributed by atoms with Crippen molar-refractivity contribution in [3.63, 3.8) is 0 Å². The van der Waals surface area contributed by atoms with Crippen LogP contribution in [0, 0.1) is 0 Å². The van der Waals surface area contributed by atoms with Crippen molar-refractivity contribution in [3.05, 3.63) is 71.8 Å². The number of carbonyl (C=O) groups excluding carboxylic acids is 1. The molecule has 0 radical (unpaired) electrons. The standard InChI is InChI=1S/C24H31N3O/c1-20(2)22-10-12-23(13-11-22)25-24(28)19-27-17-15-26(16-18-27)14-6-9-21-7-4-3-5-8-21/h3-13,20H,14-19H2,1-2H3,(H,25,28)/b9-6+. The van der Waals surface area contributed by atoms with Gasteiger partial charge in [-0.05, 0) is 29.2 Å². The molecule has 1 N–H and O–H groups in total. The largest absolute Gasteiger partial charge is 0.325 e. The molecule has 1 aliphatic heterocycles. The first-order valence-electron chi connectivity index (χ1n) is 10.2. The van der Waals surface area contributed by atoms with Crippen LogP contribution in [0.25, 0.3) is 6.08 Å². The van der Waals surface area contributed by atoms with Crippen molar-refractivity contribution in [3.8, 4) is 0 Å². The molecule has 148 valence electrons. The van der Waals surface area contributed by atoms with Gasteiger partial charge < -0.3 is 5.32 Å². The van der Waals surface area contributed by atoms with E-state index < -0.39 is 0 Å². The number of amides is 1. The molecule has 0 atom stereocenters. The van der Waals surface area contributed by atoms with E-state index in [9.17, 15) is 4.79 Å². The average molecular weight is 378 g/mol. The van der Waals surface area contributed by atoms with Crippen LogP contribution in [-0.2, 0) is 4.79 Å². The van der Waals surface area contributed by atoms with Gasteiger partial charge in [0.25, 0.3) is 0 Å². The van der Waals surface area contributed by atoms with Crippen LogP contribution in [0.2, 0.25) is 0 Å². The molecule has 2 aromatic carbocycles. The summed E-state index contributed by atoms with van der Waals surface area (Å²) in [5.41, 5.74) is 3.40. The van der Waals surface area contributed by atoms with E-state index in [4.69, 9.17) is 0 Å². The monoisotopic (exact) mass is 377 g/mol. The summed E-state index contributed by atoms with van der Waals surface area (Å²) in [6.45, 7) is 9.61. The predicted molar refractivity (Wildman–Crippen MR) is 118 cm³/mol. The van der Waals surface area contributed by atoms with Gasteiger partial charge in [-0.2, -0.15) is 0 Å². The summed E-state index contributed by atoms with van der Waals surface area (Å²) in [5.74, 6) is 0.568. The minimum absolute atomic E-state index is 0.0646. The fourth-order valence-electron chi connectivity index (χ4n) is 3.39. The number of benzene rings is 2. The van der Waals surface area contributed by atoms with E-state index in [1.165, 1.54) is 11.1 Å². The number of nitrogens with zero attached hydrogens (tertiary/aromatic N) is 2. The molecule has 0 bridgehead atoms. The van der Waals surface area contributed by atoms with Crippen molar-refractivity contribution in [1.29, 1.82) is 0 Å². The van der Waals surface area contributed by atoms with Gasteiger partial charge in [-0.25, -0.2) is 0 Å². The van der Waals surface area contributed by atoms with Crippen LogP contribution in [0.1, 0.15) is 30.9 Å². The van der Waals surface area contributed by atoms with Crippen LogP contribution in [-0.4, -0.2) is 55.0 Å². The number of rotatable bonds is 7. The topological polar surface area (TPSA) is 35.6 Å². The van der Waals surface area contributed by atoms with Gasteiger partial charge in [-0.3, -0.25) is 14.6 Å². The zero-order valence-electron chi connectivity index (χ0n) is 17.0. The van der Waals surface area contributed by atoms with E-state index in [0.717, 1.165) is 38.4 Å². The first-order valence-corrected chi connectivity index (χ1v) is 10.2. The lowest BCUT2D eigenvalue weighted by Gasteiger charge is -2.33. The third-order valence-corrected chi connectivity index (χ3v) is 5.17. The van der Waals surface area contributed by atoms with Crippen molar-refractivity contribution in [2.75, 3.05) is 44.6 Å². The molecule has 0 saturated carbocycles. The Morgan fingerprint density at radius 3 is 2.25 bits per heavy atom. The lowest BCUT2D eigenvalue weighted by molar-refractivity contribution is -0.117. The minimum atomic E-state index is 0.0646. The van der Waals surface area contributed by atoms with E-state index in [2.05, 4.69) is 77.5 Å². The van der Waals surface area contributed by atoms with E-state index >= 15 is 0 Å².